The predicted molar refractivity (Wildman–Crippen MR) is 87.3 cm³/mol. The number of nitrogens with zero attached hydrogens (tertiary/aromatic N) is 2. The number of halogens is 1. The summed E-state index contributed by atoms with van der Waals surface area (Å²) >= 11 is 0. The Morgan fingerprint density at radius 3 is 2.91 bits per heavy atom. The molecule has 23 heavy (non-hydrogen) atoms. The van der Waals surface area contributed by atoms with Crippen molar-refractivity contribution >= 4 is 28.2 Å². The molecule has 3 rings (SSSR count). The molecule has 1 aromatic carbocycles. The zero-order chi connectivity index (χ0) is 16.4. The van der Waals surface area contributed by atoms with E-state index in [0.29, 0.717) is 22.5 Å². The van der Waals surface area contributed by atoms with Gasteiger partial charge in [-0.05, 0) is 31.6 Å². The average molecular weight is 310 g/mol. The molecule has 0 aliphatic carbocycles. The summed E-state index contributed by atoms with van der Waals surface area (Å²) in [6.45, 7) is 3.57. The van der Waals surface area contributed by atoms with Crippen molar-refractivity contribution in [1.29, 1.82) is 0 Å². The highest BCUT2D eigenvalue weighted by molar-refractivity contribution is 6.04. The van der Waals surface area contributed by atoms with E-state index in [9.17, 15) is 9.18 Å². The fraction of sp³-hybridized carbons (Fsp3) is 0.118. The van der Waals surface area contributed by atoms with Gasteiger partial charge in [-0.2, -0.15) is 5.10 Å². The van der Waals surface area contributed by atoms with Gasteiger partial charge in [0.25, 0.3) is 0 Å². The first kappa shape index (κ1) is 14.9. The van der Waals surface area contributed by atoms with E-state index in [1.165, 1.54) is 18.3 Å². The Labute approximate surface area is 132 Å². The van der Waals surface area contributed by atoms with Gasteiger partial charge in [-0.15, -0.1) is 0 Å². The van der Waals surface area contributed by atoms with Crippen LogP contribution in [-0.4, -0.2) is 21.1 Å². The topological polar surface area (TPSA) is 70.7 Å². The third-order valence-electron chi connectivity index (χ3n) is 3.51. The monoisotopic (exact) mass is 310 g/mol. The Morgan fingerprint density at radius 2 is 2.13 bits per heavy atom. The normalized spacial score (nSPS) is 11.7. The molecule has 3 aromatic rings. The summed E-state index contributed by atoms with van der Waals surface area (Å²) in [6.07, 6.45) is 2.90. The molecular formula is C17H15FN4O. The second-order valence-electron chi connectivity index (χ2n) is 5.24. The fourth-order valence-corrected chi connectivity index (χ4v) is 2.32. The van der Waals surface area contributed by atoms with E-state index in [1.54, 1.807) is 31.2 Å². The van der Waals surface area contributed by atoms with Crippen molar-refractivity contribution < 1.29 is 9.18 Å². The number of benzene rings is 1. The molecule has 0 bridgehead atoms. The minimum Gasteiger partial charge on any atom is -0.321 e. The summed E-state index contributed by atoms with van der Waals surface area (Å²) in [5.41, 5.74) is 2.99. The Kier molecular flexibility index (Phi) is 3.89. The zero-order valence-corrected chi connectivity index (χ0v) is 12.7. The van der Waals surface area contributed by atoms with Gasteiger partial charge in [-0.3, -0.25) is 9.89 Å². The SMILES string of the molecule is C/C(=C/C(=O)Nc1cnc2n[nH]c(C)c2c1)c1ccccc1F. The minimum atomic E-state index is -0.355. The van der Waals surface area contributed by atoms with Crippen molar-refractivity contribution in [3.8, 4) is 0 Å². The maximum atomic E-state index is 13.7. The summed E-state index contributed by atoms with van der Waals surface area (Å²) < 4.78 is 13.7. The molecule has 0 aliphatic heterocycles. The highest BCUT2D eigenvalue weighted by atomic mass is 19.1. The quantitative estimate of drug-likeness (QED) is 0.728. The number of anilines is 1. The lowest BCUT2D eigenvalue weighted by Gasteiger charge is -2.05. The zero-order valence-electron chi connectivity index (χ0n) is 12.7. The first-order chi connectivity index (χ1) is 11.0. The third-order valence-corrected chi connectivity index (χ3v) is 3.51. The van der Waals surface area contributed by atoms with Crippen LogP contribution in [0, 0.1) is 12.7 Å². The largest absolute Gasteiger partial charge is 0.321 e. The number of aromatic amines is 1. The molecule has 0 saturated carbocycles. The molecule has 0 atom stereocenters. The average Bonchev–Trinajstić information content (AvgIpc) is 2.88. The van der Waals surface area contributed by atoms with Crippen LogP contribution in [0.25, 0.3) is 16.6 Å². The van der Waals surface area contributed by atoms with E-state index in [4.69, 9.17) is 0 Å². The standard InChI is InChI=1S/C17H15FN4O/c1-10(13-5-3-4-6-15(13)18)7-16(23)20-12-8-14-11(2)21-22-17(14)19-9-12/h3-9H,1-2H3,(H,20,23)(H,19,21,22)/b10-7-. The summed E-state index contributed by atoms with van der Waals surface area (Å²) in [5.74, 6) is -0.695. The van der Waals surface area contributed by atoms with Crippen LogP contribution in [-0.2, 0) is 4.79 Å². The van der Waals surface area contributed by atoms with E-state index < -0.39 is 0 Å². The molecule has 0 spiro atoms. The second-order valence-corrected chi connectivity index (χ2v) is 5.24. The highest BCUT2D eigenvalue weighted by Crippen LogP contribution is 2.19. The molecule has 2 aromatic heterocycles. The number of amides is 1. The number of H-pyrrole nitrogens is 1. The molecule has 116 valence electrons. The van der Waals surface area contributed by atoms with Crippen molar-refractivity contribution in [2.75, 3.05) is 5.32 Å². The molecule has 2 heterocycles. The number of nitrogens with one attached hydrogen (secondary N) is 2. The second kappa shape index (κ2) is 6.00. The van der Waals surface area contributed by atoms with Gasteiger partial charge in [0, 0.05) is 22.7 Å². The van der Waals surface area contributed by atoms with E-state index in [2.05, 4.69) is 20.5 Å². The molecule has 5 nitrogen and oxygen atoms in total. The van der Waals surface area contributed by atoms with Gasteiger partial charge in [0.15, 0.2) is 5.65 Å². The number of hydrogen-bond acceptors (Lipinski definition) is 3. The van der Waals surface area contributed by atoms with Crippen LogP contribution in [0.3, 0.4) is 0 Å². The Morgan fingerprint density at radius 1 is 1.35 bits per heavy atom. The minimum absolute atomic E-state index is 0.340. The smallest absolute Gasteiger partial charge is 0.248 e. The number of hydrogen-bond donors (Lipinski definition) is 2. The fourth-order valence-electron chi connectivity index (χ4n) is 2.32. The molecule has 0 aliphatic rings. The number of carbonyl (C=O) groups is 1. The number of aromatic nitrogens is 3. The maximum absolute atomic E-state index is 13.7. The van der Waals surface area contributed by atoms with Gasteiger partial charge in [-0.1, -0.05) is 18.2 Å². The first-order valence-corrected chi connectivity index (χ1v) is 7.09. The van der Waals surface area contributed by atoms with Gasteiger partial charge in [0.2, 0.25) is 5.91 Å². The Hall–Kier alpha value is -3.02. The third kappa shape index (κ3) is 3.11. The molecular weight excluding hydrogens is 295 g/mol. The number of fused-ring (bicyclic) bond motifs is 1. The van der Waals surface area contributed by atoms with Crippen LogP contribution in [0.1, 0.15) is 18.2 Å². The van der Waals surface area contributed by atoms with Crippen molar-refractivity contribution in [2.24, 2.45) is 0 Å². The van der Waals surface area contributed by atoms with Gasteiger partial charge in [-0.25, -0.2) is 9.37 Å². The van der Waals surface area contributed by atoms with Crippen LogP contribution < -0.4 is 5.32 Å². The van der Waals surface area contributed by atoms with E-state index in [1.807, 2.05) is 6.92 Å². The molecule has 6 heteroatoms. The number of carbonyl (C=O) groups excluding carboxylic acids is 1. The van der Waals surface area contributed by atoms with Crippen molar-refractivity contribution in [1.82, 2.24) is 15.2 Å². The van der Waals surface area contributed by atoms with E-state index >= 15 is 0 Å². The summed E-state index contributed by atoms with van der Waals surface area (Å²) in [4.78, 5) is 16.3. The molecule has 2 N–H and O–H groups in total. The molecule has 0 fully saturated rings. The van der Waals surface area contributed by atoms with E-state index in [-0.39, 0.29) is 11.7 Å². The lowest BCUT2D eigenvalue weighted by atomic mass is 10.1. The lowest BCUT2D eigenvalue weighted by Crippen LogP contribution is -2.09. The first-order valence-electron chi connectivity index (χ1n) is 7.09. The van der Waals surface area contributed by atoms with Crippen LogP contribution in [0.4, 0.5) is 10.1 Å². The highest BCUT2D eigenvalue weighted by Gasteiger charge is 2.08. The predicted octanol–water partition coefficient (Wildman–Crippen LogP) is 3.45. The van der Waals surface area contributed by atoms with Crippen LogP contribution in [0.2, 0.25) is 0 Å². The molecule has 0 unspecified atom stereocenters. The Bertz CT molecular complexity index is 914. The Balaban J connectivity index is 1.81. The number of aryl methyl sites for hydroxylation is 1. The number of allylic oxidation sites excluding steroid dienone is 1. The molecule has 1 amide bonds. The maximum Gasteiger partial charge on any atom is 0.248 e. The molecule has 0 saturated heterocycles. The summed E-state index contributed by atoms with van der Waals surface area (Å²) in [5, 5.41) is 10.4. The van der Waals surface area contributed by atoms with Crippen molar-refractivity contribution in [3.05, 3.63) is 59.7 Å². The van der Waals surface area contributed by atoms with Crippen LogP contribution >= 0.6 is 0 Å². The van der Waals surface area contributed by atoms with Gasteiger partial charge in [0.1, 0.15) is 5.82 Å². The summed E-state index contributed by atoms with van der Waals surface area (Å²) in [7, 11) is 0. The molecule has 0 radical (unpaired) electrons. The van der Waals surface area contributed by atoms with Gasteiger partial charge in [0.05, 0.1) is 11.9 Å². The summed E-state index contributed by atoms with van der Waals surface area (Å²) in [6, 6.07) is 8.14. The lowest BCUT2D eigenvalue weighted by molar-refractivity contribution is -0.111. The van der Waals surface area contributed by atoms with Crippen LogP contribution in [0.15, 0.2) is 42.6 Å². The van der Waals surface area contributed by atoms with E-state index in [0.717, 1.165) is 11.1 Å². The van der Waals surface area contributed by atoms with Gasteiger partial charge >= 0.3 is 0 Å². The van der Waals surface area contributed by atoms with Crippen molar-refractivity contribution in [3.63, 3.8) is 0 Å². The van der Waals surface area contributed by atoms with Crippen LogP contribution in [0.5, 0.6) is 0 Å². The number of pyridine rings is 1. The number of rotatable bonds is 3. The van der Waals surface area contributed by atoms with Gasteiger partial charge < -0.3 is 5.32 Å². The van der Waals surface area contributed by atoms with Crippen molar-refractivity contribution in [2.45, 2.75) is 13.8 Å².